The summed E-state index contributed by atoms with van der Waals surface area (Å²) < 4.78 is 5.66. The number of primary amides is 1. The minimum absolute atomic E-state index is 0.0553. The highest BCUT2D eigenvalue weighted by Gasteiger charge is 2.46. The summed E-state index contributed by atoms with van der Waals surface area (Å²) in [5.74, 6) is 6.80. The van der Waals surface area contributed by atoms with Gasteiger partial charge in [-0.15, -0.1) is 0 Å². The first kappa shape index (κ1) is 24.8. The molecule has 1 saturated heterocycles. The molecule has 1 aliphatic heterocycles. The molecule has 1 aliphatic carbocycles. The van der Waals surface area contributed by atoms with Gasteiger partial charge in [0.2, 0.25) is 5.91 Å². The van der Waals surface area contributed by atoms with E-state index in [0.29, 0.717) is 23.0 Å². The number of amides is 1. The Labute approximate surface area is 216 Å². The second kappa shape index (κ2) is 10.6. The van der Waals surface area contributed by atoms with Crippen LogP contribution in [0.4, 0.5) is 5.82 Å². The van der Waals surface area contributed by atoms with Gasteiger partial charge in [0.15, 0.2) is 5.82 Å². The van der Waals surface area contributed by atoms with Crippen LogP contribution in [-0.2, 0) is 24.2 Å². The number of fused-ring (bicyclic) bond motifs is 1. The molecule has 0 saturated carbocycles. The fourth-order valence-corrected chi connectivity index (χ4v) is 5.51. The van der Waals surface area contributed by atoms with Gasteiger partial charge in [0.05, 0.1) is 19.2 Å². The highest BCUT2D eigenvalue weighted by atomic mass is 16.5. The van der Waals surface area contributed by atoms with Crippen molar-refractivity contribution >= 4 is 11.7 Å². The number of ether oxygens (including phenoxy) is 1. The van der Waals surface area contributed by atoms with Crippen LogP contribution in [0.5, 0.6) is 5.75 Å². The van der Waals surface area contributed by atoms with Crippen LogP contribution in [-0.4, -0.2) is 40.7 Å². The maximum absolute atomic E-state index is 11.1. The van der Waals surface area contributed by atoms with Gasteiger partial charge in [-0.2, -0.15) is 0 Å². The van der Waals surface area contributed by atoms with Gasteiger partial charge in [0.1, 0.15) is 23.7 Å². The standard InChI is InChI=1S/C29H31N5O3/c30-26(36)16-20-5-3-8-23(15-20)37-14-4-7-22-18-32-28(25(19-35)33-22)34-12-10-29(11-13-34)17-21-6-1-2-9-24(21)27(29)31/h1-3,5-6,8-9,15,18,27,35H,10-14,16-17,19,31H2,(H2,30,36)/t27-/m1/s1. The number of carbonyl (C=O) groups excluding carboxylic acids is 1. The summed E-state index contributed by atoms with van der Waals surface area (Å²) in [6.45, 7) is 1.57. The fourth-order valence-electron chi connectivity index (χ4n) is 5.51. The molecule has 37 heavy (non-hydrogen) atoms. The lowest BCUT2D eigenvalue weighted by Gasteiger charge is -2.42. The Bertz CT molecular complexity index is 1350. The van der Waals surface area contributed by atoms with Crippen molar-refractivity contribution < 1.29 is 14.6 Å². The third kappa shape index (κ3) is 5.29. The van der Waals surface area contributed by atoms with Gasteiger partial charge in [0.25, 0.3) is 0 Å². The largest absolute Gasteiger partial charge is 0.481 e. The molecule has 2 heterocycles. The number of piperidine rings is 1. The molecule has 8 nitrogen and oxygen atoms in total. The average Bonchev–Trinajstić information content (AvgIpc) is 3.18. The van der Waals surface area contributed by atoms with E-state index in [4.69, 9.17) is 16.2 Å². The number of nitrogens with two attached hydrogens (primary N) is 2. The summed E-state index contributed by atoms with van der Waals surface area (Å²) in [4.78, 5) is 22.4. The van der Waals surface area contributed by atoms with Crippen LogP contribution in [0.1, 0.15) is 47.0 Å². The van der Waals surface area contributed by atoms with Crippen molar-refractivity contribution in [2.75, 3.05) is 24.6 Å². The monoisotopic (exact) mass is 497 g/mol. The first-order chi connectivity index (χ1) is 18.0. The van der Waals surface area contributed by atoms with Crippen LogP contribution in [0, 0.1) is 17.3 Å². The molecule has 5 N–H and O–H groups in total. The Morgan fingerprint density at radius 3 is 2.76 bits per heavy atom. The summed E-state index contributed by atoms with van der Waals surface area (Å²) in [5, 5.41) is 9.99. The molecule has 1 fully saturated rings. The Kier molecular flexibility index (Phi) is 7.08. The summed E-state index contributed by atoms with van der Waals surface area (Å²) in [5.41, 5.74) is 16.5. The lowest BCUT2D eigenvalue weighted by Crippen LogP contribution is -2.45. The van der Waals surface area contributed by atoms with Crippen LogP contribution >= 0.6 is 0 Å². The minimum Gasteiger partial charge on any atom is -0.481 e. The van der Waals surface area contributed by atoms with Crippen molar-refractivity contribution in [1.82, 2.24) is 9.97 Å². The van der Waals surface area contributed by atoms with E-state index in [1.165, 1.54) is 11.1 Å². The predicted molar refractivity (Wildman–Crippen MR) is 141 cm³/mol. The minimum atomic E-state index is -0.393. The number of carbonyl (C=O) groups is 1. The maximum atomic E-state index is 11.1. The number of nitrogens with zero attached hydrogens (tertiary/aromatic N) is 3. The number of rotatable bonds is 6. The number of aliphatic hydroxyl groups is 1. The van der Waals surface area contributed by atoms with Crippen molar-refractivity contribution in [3.8, 4) is 17.6 Å². The first-order valence-electron chi connectivity index (χ1n) is 12.5. The van der Waals surface area contributed by atoms with Gasteiger partial charge >= 0.3 is 0 Å². The molecule has 1 atom stereocenters. The zero-order valence-corrected chi connectivity index (χ0v) is 20.7. The third-order valence-corrected chi connectivity index (χ3v) is 7.43. The molecular weight excluding hydrogens is 466 g/mol. The third-order valence-electron chi connectivity index (χ3n) is 7.43. The second-order valence-corrected chi connectivity index (χ2v) is 9.77. The number of benzene rings is 2. The summed E-state index contributed by atoms with van der Waals surface area (Å²) in [6.07, 6.45) is 4.75. The van der Waals surface area contributed by atoms with Gasteiger partial charge in [-0.25, -0.2) is 9.97 Å². The molecule has 5 rings (SSSR count). The van der Waals surface area contributed by atoms with Crippen LogP contribution < -0.4 is 21.1 Å². The summed E-state index contributed by atoms with van der Waals surface area (Å²) in [6, 6.07) is 15.7. The molecule has 190 valence electrons. The Morgan fingerprint density at radius 2 is 2.00 bits per heavy atom. The van der Waals surface area contributed by atoms with Crippen molar-refractivity contribution in [1.29, 1.82) is 0 Å². The smallest absolute Gasteiger partial charge is 0.221 e. The van der Waals surface area contributed by atoms with E-state index in [1.54, 1.807) is 24.4 Å². The van der Waals surface area contributed by atoms with Crippen LogP contribution in [0.25, 0.3) is 0 Å². The number of hydrogen-bond donors (Lipinski definition) is 3. The lowest BCUT2D eigenvalue weighted by atomic mass is 9.73. The highest BCUT2D eigenvalue weighted by molar-refractivity contribution is 5.76. The number of hydrogen-bond acceptors (Lipinski definition) is 7. The van der Waals surface area contributed by atoms with Crippen molar-refractivity contribution in [2.24, 2.45) is 16.9 Å². The normalized spacial score (nSPS) is 17.7. The number of aromatic nitrogens is 2. The molecule has 1 amide bonds. The van der Waals surface area contributed by atoms with Crippen LogP contribution in [0.3, 0.4) is 0 Å². The molecule has 0 radical (unpaired) electrons. The molecule has 1 spiro atoms. The number of aliphatic hydroxyl groups excluding tert-OH is 1. The molecule has 0 bridgehead atoms. The maximum Gasteiger partial charge on any atom is 0.221 e. The number of anilines is 1. The molecule has 8 heteroatoms. The van der Waals surface area contributed by atoms with Crippen LogP contribution in [0.2, 0.25) is 0 Å². The highest BCUT2D eigenvalue weighted by Crippen LogP contribution is 2.50. The Balaban J connectivity index is 1.21. The molecule has 0 unspecified atom stereocenters. The zero-order chi connectivity index (χ0) is 25.8. The second-order valence-electron chi connectivity index (χ2n) is 9.77. The summed E-state index contributed by atoms with van der Waals surface area (Å²) in [7, 11) is 0. The van der Waals surface area contributed by atoms with E-state index >= 15 is 0 Å². The van der Waals surface area contributed by atoms with E-state index in [1.807, 2.05) is 6.07 Å². The molecular formula is C29H31N5O3. The predicted octanol–water partition coefficient (Wildman–Crippen LogP) is 2.27. The van der Waals surface area contributed by atoms with Gasteiger partial charge < -0.3 is 26.2 Å². The van der Waals surface area contributed by atoms with Gasteiger partial charge in [-0.3, -0.25) is 4.79 Å². The molecule has 3 aromatic rings. The average molecular weight is 498 g/mol. The lowest BCUT2D eigenvalue weighted by molar-refractivity contribution is -0.117. The van der Waals surface area contributed by atoms with Gasteiger partial charge in [0, 0.05) is 19.1 Å². The molecule has 2 aromatic carbocycles. The van der Waals surface area contributed by atoms with E-state index in [0.717, 1.165) is 37.9 Å². The van der Waals surface area contributed by atoms with Crippen molar-refractivity contribution in [3.63, 3.8) is 0 Å². The quantitative estimate of drug-likeness (QED) is 0.446. The van der Waals surface area contributed by atoms with E-state index in [9.17, 15) is 9.90 Å². The van der Waals surface area contributed by atoms with E-state index < -0.39 is 5.91 Å². The van der Waals surface area contributed by atoms with Gasteiger partial charge in [-0.1, -0.05) is 42.3 Å². The molecule has 1 aromatic heterocycles. The topological polar surface area (TPSA) is 128 Å². The first-order valence-corrected chi connectivity index (χ1v) is 12.5. The zero-order valence-electron chi connectivity index (χ0n) is 20.7. The van der Waals surface area contributed by atoms with E-state index in [2.05, 4.69) is 51.0 Å². The summed E-state index contributed by atoms with van der Waals surface area (Å²) >= 11 is 0. The molecule has 2 aliphatic rings. The van der Waals surface area contributed by atoms with E-state index in [-0.39, 0.29) is 31.1 Å². The van der Waals surface area contributed by atoms with Crippen molar-refractivity contribution in [2.45, 2.75) is 38.3 Å². The van der Waals surface area contributed by atoms with Crippen molar-refractivity contribution in [3.05, 3.63) is 82.8 Å². The fraction of sp³-hybridized carbons (Fsp3) is 0.345. The Morgan fingerprint density at radius 1 is 1.19 bits per heavy atom. The van der Waals surface area contributed by atoms with Crippen LogP contribution in [0.15, 0.2) is 54.7 Å². The SMILES string of the molecule is NC(=O)Cc1cccc(OCC#Cc2cnc(N3CCC4(CC3)Cc3ccccc3[C@H]4N)c(CO)n2)c1. The van der Waals surface area contributed by atoms with Gasteiger partial charge in [-0.05, 0) is 59.4 Å². The Hall–Kier alpha value is -3.93.